The smallest absolute Gasteiger partial charge is 0.293 e. The fraction of sp³-hybridized carbons (Fsp3) is 0.125. The van der Waals surface area contributed by atoms with Gasteiger partial charge in [0.05, 0.1) is 11.4 Å². The third-order valence-corrected chi connectivity index (χ3v) is 5.72. The SMILES string of the molecule is CC(=O)c1ccc(-c2ccc(/C=C3\SC(=O)N(Cc4ccc(C)cc4)C3=O)o2)cc1. The molecule has 1 saturated heterocycles. The summed E-state index contributed by atoms with van der Waals surface area (Å²) in [5.41, 5.74) is 3.48. The zero-order chi connectivity index (χ0) is 21.3. The van der Waals surface area contributed by atoms with Crippen LogP contribution in [0.4, 0.5) is 4.79 Å². The average Bonchev–Trinajstić information content (AvgIpc) is 3.30. The Morgan fingerprint density at radius 1 is 1.00 bits per heavy atom. The van der Waals surface area contributed by atoms with Gasteiger partial charge in [-0.3, -0.25) is 19.3 Å². The molecule has 1 aromatic heterocycles. The van der Waals surface area contributed by atoms with E-state index in [-0.39, 0.29) is 23.5 Å². The first-order valence-corrected chi connectivity index (χ1v) is 10.2. The van der Waals surface area contributed by atoms with Crippen LogP contribution in [0.1, 0.15) is 34.2 Å². The highest BCUT2D eigenvalue weighted by Crippen LogP contribution is 2.34. The van der Waals surface area contributed by atoms with Crippen LogP contribution in [0, 0.1) is 6.92 Å². The monoisotopic (exact) mass is 417 g/mol. The summed E-state index contributed by atoms with van der Waals surface area (Å²) in [7, 11) is 0. The number of carbonyl (C=O) groups is 3. The molecule has 0 radical (unpaired) electrons. The Bertz CT molecular complexity index is 1160. The van der Waals surface area contributed by atoms with Crippen LogP contribution in [0.3, 0.4) is 0 Å². The molecule has 0 spiro atoms. The van der Waals surface area contributed by atoms with Crippen molar-refractivity contribution in [3.05, 3.63) is 88.0 Å². The predicted octanol–water partition coefficient (Wildman–Crippen LogP) is 5.69. The number of amides is 2. The van der Waals surface area contributed by atoms with E-state index in [0.29, 0.717) is 22.0 Å². The van der Waals surface area contributed by atoms with E-state index < -0.39 is 0 Å². The number of carbonyl (C=O) groups excluding carboxylic acids is 3. The molecule has 0 bridgehead atoms. The Hall–Kier alpha value is -3.38. The number of ketones is 1. The van der Waals surface area contributed by atoms with E-state index in [0.717, 1.165) is 28.5 Å². The Kier molecular flexibility index (Phi) is 5.42. The molecule has 2 aromatic carbocycles. The zero-order valence-electron chi connectivity index (χ0n) is 16.5. The molecule has 1 fully saturated rings. The molecule has 0 N–H and O–H groups in total. The van der Waals surface area contributed by atoms with Crippen molar-refractivity contribution >= 4 is 34.8 Å². The topological polar surface area (TPSA) is 67.6 Å². The molecule has 0 unspecified atom stereocenters. The summed E-state index contributed by atoms with van der Waals surface area (Å²) in [5.74, 6) is 0.786. The molecule has 4 rings (SSSR count). The Morgan fingerprint density at radius 3 is 2.37 bits per heavy atom. The van der Waals surface area contributed by atoms with E-state index in [1.54, 1.807) is 30.3 Å². The van der Waals surface area contributed by atoms with Gasteiger partial charge in [0.15, 0.2) is 5.78 Å². The maximum Gasteiger partial charge on any atom is 0.293 e. The highest BCUT2D eigenvalue weighted by Gasteiger charge is 2.35. The maximum atomic E-state index is 12.7. The lowest BCUT2D eigenvalue weighted by atomic mass is 10.1. The molecule has 0 saturated carbocycles. The minimum Gasteiger partial charge on any atom is -0.457 e. The van der Waals surface area contributed by atoms with Crippen LogP contribution in [-0.2, 0) is 11.3 Å². The highest BCUT2D eigenvalue weighted by molar-refractivity contribution is 8.18. The molecule has 0 aliphatic carbocycles. The molecular weight excluding hydrogens is 398 g/mol. The summed E-state index contributed by atoms with van der Waals surface area (Å²) in [5, 5.41) is -0.293. The largest absolute Gasteiger partial charge is 0.457 e. The Morgan fingerprint density at radius 2 is 1.70 bits per heavy atom. The standard InChI is InChI=1S/C24H19NO4S/c1-15-3-5-17(6-4-15)14-25-23(27)22(30-24(25)28)13-20-11-12-21(29-20)19-9-7-18(8-10-19)16(2)26/h3-13H,14H2,1-2H3/b22-13-. The van der Waals surface area contributed by atoms with Crippen molar-refractivity contribution in [3.63, 3.8) is 0 Å². The molecule has 2 amide bonds. The zero-order valence-corrected chi connectivity index (χ0v) is 17.4. The van der Waals surface area contributed by atoms with Crippen LogP contribution in [0.2, 0.25) is 0 Å². The molecular formula is C24H19NO4S. The van der Waals surface area contributed by atoms with E-state index in [1.807, 2.05) is 43.3 Å². The van der Waals surface area contributed by atoms with Crippen LogP contribution >= 0.6 is 11.8 Å². The van der Waals surface area contributed by atoms with E-state index in [4.69, 9.17) is 4.42 Å². The number of hydrogen-bond donors (Lipinski definition) is 0. The summed E-state index contributed by atoms with van der Waals surface area (Å²) in [6.45, 7) is 3.75. The minimum absolute atomic E-state index is 0.00282. The van der Waals surface area contributed by atoms with Gasteiger partial charge in [0.1, 0.15) is 11.5 Å². The van der Waals surface area contributed by atoms with Crippen molar-refractivity contribution in [1.82, 2.24) is 4.90 Å². The number of hydrogen-bond acceptors (Lipinski definition) is 5. The van der Waals surface area contributed by atoms with Crippen molar-refractivity contribution in [2.45, 2.75) is 20.4 Å². The van der Waals surface area contributed by atoms with Crippen molar-refractivity contribution in [2.24, 2.45) is 0 Å². The second-order valence-electron chi connectivity index (χ2n) is 7.09. The first kappa shape index (κ1) is 19.9. The maximum absolute atomic E-state index is 12.7. The number of nitrogens with zero attached hydrogens (tertiary/aromatic N) is 1. The highest BCUT2D eigenvalue weighted by atomic mass is 32.2. The molecule has 1 aliphatic heterocycles. The molecule has 3 aromatic rings. The summed E-state index contributed by atoms with van der Waals surface area (Å²) in [6.07, 6.45) is 1.59. The molecule has 1 aliphatic rings. The lowest BCUT2D eigenvalue weighted by molar-refractivity contribution is -0.123. The van der Waals surface area contributed by atoms with Gasteiger partial charge < -0.3 is 4.42 Å². The summed E-state index contributed by atoms with van der Waals surface area (Å²) < 4.78 is 5.83. The van der Waals surface area contributed by atoms with Crippen LogP contribution in [0.5, 0.6) is 0 Å². The molecule has 150 valence electrons. The molecule has 6 heteroatoms. The Balaban J connectivity index is 1.51. The van der Waals surface area contributed by atoms with Gasteiger partial charge in [-0.2, -0.15) is 0 Å². The number of thioether (sulfide) groups is 1. The third-order valence-electron chi connectivity index (χ3n) is 4.81. The van der Waals surface area contributed by atoms with Gasteiger partial charge in [0.25, 0.3) is 11.1 Å². The van der Waals surface area contributed by atoms with Crippen molar-refractivity contribution in [2.75, 3.05) is 0 Å². The first-order valence-electron chi connectivity index (χ1n) is 9.43. The normalized spacial score (nSPS) is 15.3. The summed E-state index contributed by atoms with van der Waals surface area (Å²) in [6, 6.07) is 18.4. The quantitative estimate of drug-likeness (QED) is 0.394. The average molecular weight is 417 g/mol. The molecule has 5 nitrogen and oxygen atoms in total. The number of imide groups is 1. The third kappa shape index (κ3) is 4.14. The van der Waals surface area contributed by atoms with Crippen LogP contribution < -0.4 is 0 Å². The Labute approximate surface area is 178 Å². The number of benzene rings is 2. The lowest BCUT2D eigenvalue weighted by Gasteiger charge is -2.12. The van der Waals surface area contributed by atoms with Crippen LogP contribution in [0.25, 0.3) is 17.4 Å². The van der Waals surface area contributed by atoms with Crippen molar-refractivity contribution in [1.29, 1.82) is 0 Å². The van der Waals surface area contributed by atoms with Gasteiger partial charge in [-0.05, 0) is 43.3 Å². The van der Waals surface area contributed by atoms with Crippen molar-refractivity contribution < 1.29 is 18.8 Å². The van der Waals surface area contributed by atoms with E-state index in [2.05, 4.69) is 0 Å². The fourth-order valence-corrected chi connectivity index (χ4v) is 3.91. The van der Waals surface area contributed by atoms with E-state index in [9.17, 15) is 14.4 Å². The summed E-state index contributed by atoms with van der Waals surface area (Å²) in [4.78, 5) is 38.0. The minimum atomic E-state index is -0.325. The molecule has 2 heterocycles. The first-order chi connectivity index (χ1) is 14.4. The second-order valence-corrected chi connectivity index (χ2v) is 8.08. The van der Waals surface area contributed by atoms with E-state index in [1.165, 1.54) is 11.8 Å². The van der Waals surface area contributed by atoms with Gasteiger partial charge in [0.2, 0.25) is 0 Å². The van der Waals surface area contributed by atoms with Crippen LogP contribution in [0.15, 0.2) is 70.0 Å². The van der Waals surface area contributed by atoms with Gasteiger partial charge >= 0.3 is 0 Å². The van der Waals surface area contributed by atoms with Crippen LogP contribution in [-0.4, -0.2) is 21.8 Å². The number of Topliss-reactive ketones (excluding diaryl/α,β-unsaturated/α-hetero) is 1. The number of rotatable bonds is 5. The predicted molar refractivity (Wildman–Crippen MR) is 117 cm³/mol. The molecule has 30 heavy (non-hydrogen) atoms. The second kappa shape index (κ2) is 8.16. The fourth-order valence-electron chi connectivity index (χ4n) is 3.10. The van der Waals surface area contributed by atoms with Gasteiger partial charge in [-0.25, -0.2) is 0 Å². The molecule has 0 atom stereocenters. The lowest BCUT2D eigenvalue weighted by Crippen LogP contribution is -2.27. The number of furan rings is 1. The van der Waals surface area contributed by atoms with Gasteiger partial charge in [-0.15, -0.1) is 0 Å². The van der Waals surface area contributed by atoms with Gasteiger partial charge in [0, 0.05) is 17.2 Å². The van der Waals surface area contributed by atoms with Gasteiger partial charge in [-0.1, -0.05) is 54.1 Å². The van der Waals surface area contributed by atoms with Crippen molar-refractivity contribution in [3.8, 4) is 11.3 Å². The number of aryl methyl sites for hydroxylation is 1. The summed E-state index contributed by atoms with van der Waals surface area (Å²) >= 11 is 0.910. The van der Waals surface area contributed by atoms with E-state index >= 15 is 0 Å².